The van der Waals surface area contributed by atoms with E-state index in [2.05, 4.69) is 5.32 Å². The van der Waals surface area contributed by atoms with Crippen LogP contribution < -0.4 is 5.32 Å². The summed E-state index contributed by atoms with van der Waals surface area (Å²) in [5.41, 5.74) is 1.93. The Morgan fingerprint density at radius 2 is 1.76 bits per heavy atom. The van der Waals surface area contributed by atoms with Crippen molar-refractivity contribution in [2.24, 2.45) is 5.92 Å². The Hall–Kier alpha value is -1.05. The first kappa shape index (κ1) is 18.0. The first-order valence-corrected chi connectivity index (χ1v) is 8.24. The highest BCUT2D eigenvalue weighted by Gasteiger charge is 2.35. The van der Waals surface area contributed by atoms with Gasteiger partial charge < -0.3 is 5.32 Å². The van der Waals surface area contributed by atoms with E-state index in [0.29, 0.717) is 0 Å². The molecule has 1 unspecified atom stereocenters. The minimum Gasteiger partial charge on any atom is -0.304 e. The topological polar surface area (TPSA) is 66.4 Å². The number of halogens is 2. The Morgan fingerprint density at radius 1 is 1.24 bits per heavy atom. The number of nitrogens with one attached hydrogen (secondary N) is 1. The third kappa shape index (κ3) is 6.50. The molecule has 1 aromatic rings. The van der Waals surface area contributed by atoms with E-state index in [0.717, 1.165) is 11.1 Å². The van der Waals surface area contributed by atoms with Crippen LogP contribution in [0.4, 0.5) is 8.78 Å². The van der Waals surface area contributed by atoms with Crippen molar-refractivity contribution >= 4 is 10.1 Å². The fourth-order valence-electron chi connectivity index (χ4n) is 2.09. The molecule has 0 fully saturated rings. The minimum atomic E-state index is -4.71. The summed E-state index contributed by atoms with van der Waals surface area (Å²) in [4.78, 5) is 0. The van der Waals surface area contributed by atoms with E-state index in [4.69, 9.17) is 4.55 Å². The van der Waals surface area contributed by atoms with Crippen LogP contribution >= 0.6 is 0 Å². The zero-order valence-corrected chi connectivity index (χ0v) is 13.1. The molecule has 0 spiro atoms. The first-order chi connectivity index (χ1) is 9.50. The van der Waals surface area contributed by atoms with Crippen LogP contribution in [0.25, 0.3) is 0 Å². The zero-order chi connectivity index (χ0) is 16.3. The summed E-state index contributed by atoms with van der Waals surface area (Å²) in [7, 11) is -4.71. The highest BCUT2D eigenvalue weighted by atomic mass is 32.2. The second kappa shape index (κ2) is 6.81. The van der Waals surface area contributed by atoms with Gasteiger partial charge in [-0.1, -0.05) is 43.7 Å². The average Bonchev–Trinajstić information content (AvgIpc) is 2.27. The van der Waals surface area contributed by atoms with Gasteiger partial charge in [0.25, 0.3) is 16.0 Å². The maximum absolute atomic E-state index is 13.5. The third-order valence-electron chi connectivity index (χ3n) is 3.08. The summed E-state index contributed by atoms with van der Waals surface area (Å²) in [6, 6.07) is 7.17. The van der Waals surface area contributed by atoms with Crippen LogP contribution in [0.3, 0.4) is 0 Å². The van der Waals surface area contributed by atoms with Crippen LogP contribution in [-0.4, -0.2) is 31.2 Å². The number of hydrogen-bond acceptors (Lipinski definition) is 3. The van der Waals surface area contributed by atoms with Crippen LogP contribution in [0.5, 0.6) is 0 Å². The molecule has 0 amide bonds. The molecule has 0 bridgehead atoms. The van der Waals surface area contributed by atoms with Gasteiger partial charge in [-0.15, -0.1) is 0 Å². The molecule has 0 aliphatic carbocycles. The molecule has 0 saturated heterocycles. The van der Waals surface area contributed by atoms with Gasteiger partial charge in [0.05, 0.1) is 6.54 Å². The fourth-order valence-corrected chi connectivity index (χ4v) is 2.73. The number of alkyl halides is 2. The lowest BCUT2D eigenvalue weighted by molar-refractivity contribution is 0.0205. The fraction of sp³-hybridized carbons (Fsp3) is 0.571. The number of rotatable bonds is 7. The summed E-state index contributed by atoms with van der Waals surface area (Å²) >= 11 is 0. The van der Waals surface area contributed by atoms with Gasteiger partial charge in [-0.25, -0.2) is 8.78 Å². The summed E-state index contributed by atoms with van der Waals surface area (Å²) < 4.78 is 56.7. The van der Waals surface area contributed by atoms with Crippen molar-refractivity contribution < 1.29 is 21.8 Å². The molecule has 1 rings (SSSR count). The molecular weight excluding hydrogens is 300 g/mol. The van der Waals surface area contributed by atoms with E-state index in [1.165, 1.54) is 0 Å². The van der Waals surface area contributed by atoms with Gasteiger partial charge in [0, 0.05) is 6.04 Å². The van der Waals surface area contributed by atoms with Gasteiger partial charge in [0.15, 0.2) is 0 Å². The van der Waals surface area contributed by atoms with Crippen molar-refractivity contribution in [1.82, 2.24) is 5.32 Å². The van der Waals surface area contributed by atoms with Crippen LogP contribution in [0.1, 0.15) is 31.0 Å². The van der Waals surface area contributed by atoms with Crippen LogP contribution in [-0.2, 0) is 10.1 Å². The van der Waals surface area contributed by atoms with Gasteiger partial charge in [-0.05, 0) is 18.4 Å². The van der Waals surface area contributed by atoms with Crippen molar-refractivity contribution in [2.75, 3.05) is 12.3 Å². The lowest BCUT2D eigenvalue weighted by atomic mass is 9.95. The summed E-state index contributed by atoms with van der Waals surface area (Å²) in [6.07, 6.45) is 0. The molecule has 0 aliphatic heterocycles. The molecule has 2 N–H and O–H groups in total. The second-order valence-corrected chi connectivity index (χ2v) is 7.05. The Kier molecular flexibility index (Phi) is 5.83. The normalized spacial score (nSPS) is 14.4. The Bertz CT molecular complexity index is 556. The molecule has 120 valence electrons. The quantitative estimate of drug-likeness (QED) is 0.758. The van der Waals surface area contributed by atoms with E-state index in [9.17, 15) is 17.2 Å². The van der Waals surface area contributed by atoms with Crippen molar-refractivity contribution in [1.29, 1.82) is 0 Å². The maximum atomic E-state index is 13.5. The lowest BCUT2D eigenvalue weighted by Gasteiger charge is -2.25. The number of hydrogen-bond donors (Lipinski definition) is 2. The van der Waals surface area contributed by atoms with Gasteiger partial charge in [-0.2, -0.15) is 8.42 Å². The molecule has 0 heterocycles. The van der Waals surface area contributed by atoms with Crippen molar-refractivity contribution in [2.45, 2.75) is 32.7 Å². The molecule has 21 heavy (non-hydrogen) atoms. The van der Waals surface area contributed by atoms with Gasteiger partial charge in [0.1, 0.15) is 5.75 Å². The third-order valence-corrected chi connectivity index (χ3v) is 3.86. The van der Waals surface area contributed by atoms with Gasteiger partial charge in [-0.3, -0.25) is 4.55 Å². The maximum Gasteiger partial charge on any atom is 0.276 e. The minimum absolute atomic E-state index is 0.0502. The van der Waals surface area contributed by atoms with E-state index in [1.54, 1.807) is 0 Å². The standard InChI is InChI=1S/C14H21F2NO3S/c1-10(2)13(12-6-4-11(3)5-7-12)17-8-14(15,16)9-21(18,19)20/h4-7,10,13,17H,8-9H2,1-3H3,(H,18,19,20). The van der Waals surface area contributed by atoms with Crippen molar-refractivity contribution in [3.63, 3.8) is 0 Å². The molecule has 0 aromatic heterocycles. The highest BCUT2D eigenvalue weighted by molar-refractivity contribution is 7.85. The molecular formula is C14H21F2NO3S. The SMILES string of the molecule is Cc1ccc(C(NCC(F)(F)CS(=O)(=O)O)C(C)C)cc1. The Balaban J connectivity index is 2.78. The monoisotopic (exact) mass is 321 g/mol. The zero-order valence-electron chi connectivity index (χ0n) is 12.3. The van der Waals surface area contributed by atoms with Crippen molar-refractivity contribution in [3.8, 4) is 0 Å². The highest BCUT2D eigenvalue weighted by Crippen LogP contribution is 2.24. The molecule has 7 heteroatoms. The average molecular weight is 321 g/mol. The molecule has 0 aliphatic rings. The van der Waals surface area contributed by atoms with E-state index >= 15 is 0 Å². The number of aryl methyl sites for hydroxylation is 1. The van der Waals surface area contributed by atoms with Crippen LogP contribution in [0, 0.1) is 12.8 Å². The second-order valence-electron chi connectivity index (χ2n) is 5.60. The smallest absolute Gasteiger partial charge is 0.276 e. The number of benzene rings is 1. The van der Waals surface area contributed by atoms with E-state index in [-0.39, 0.29) is 12.0 Å². The predicted molar refractivity (Wildman–Crippen MR) is 78.1 cm³/mol. The predicted octanol–water partition coefficient (Wildman–Crippen LogP) is 2.80. The molecule has 1 atom stereocenters. The molecule has 0 saturated carbocycles. The Morgan fingerprint density at radius 3 is 2.19 bits per heavy atom. The first-order valence-electron chi connectivity index (χ1n) is 6.63. The van der Waals surface area contributed by atoms with Gasteiger partial charge in [0.2, 0.25) is 0 Å². The summed E-state index contributed by atoms with van der Waals surface area (Å²) in [5.74, 6) is -5.05. The largest absolute Gasteiger partial charge is 0.304 e. The van der Waals surface area contributed by atoms with Gasteiger partial charge >= 0.3 is 0 Å². The molecule has 1 aromatic carbocycles. The Labute approximate surface area is 124 Å². The lowest BCUT2D eigenvalue weighted by Crippen LogP contribution is -2.41. The summed E-state index contributed by atoms with van der Waals surface area (Å²) in [5, 5.41) is 2.69. The van der Waals surface area contributed by atoms with E-state index in [1.807, 2.05) is 45.0 Å². The summed E-state index contributed by atoms with van der Waals surface area (Å²) in [6.45, 7) is 4.89. The van der Waals surface area contributed by atoms with Crippen LogP contribution in [0.15, 0.2) is 24.3 Å². The molecule has 0 radical (unpaired) electrons. The van der Waals surface area contributed by atoms with Crippen molar-refractivity contribution in [3.05, 3.63) is 35.4 Å². The molecule has 4 nitrogen and oxygen atoms in total. The van der Waals surface area contributed by atoms with Crippen LogP contribution in [0.2, 0.25) is 0 Å². The van der Waals surface area contributed by atoms with E-state index < -0.39 is 28.3 Å².